The highest BCUT2D eigenvalue weighted by molar-refractivity contribution is 6.42. The van der Waals surface area contributed by atoms with Crippen LogP contribution in [0.2, 0.25) is 15.1 Å². The van der Waals surface area contributed by atoms with Crippen LogP contribution in [-0.4, -0.2) is 35.6 Å². The number of nitro benzene ring substituents is 1. The molecular formula is C18H15Cl3N2O3. The summed E-state index contributed by atoms with van der Waals surface area (Å²) in [6.45, 7) is 2.14. The van der Waals surface area contributed by atoms with Crippen LogP contribution < -0.4 is 4.74 Å². The zero-order valence-electron chi connectivity index (χ0n) is 13.6. The molecule has 8 heteroatoms. The van der Waals surface area contributed by atoms with Gasteiger partial charge in [0.15, 0.2) is 5.75 Å². The molecule has 26 heavy (non-hydrogen) atoms. The molecule has 0 saturated carbocycles. The highest BCUT2D eigenvalue weighted by atomic mass is 35.5. The first-order chi connectivity index (χ1) is 12.4. The predicted molar refractivity (Wildman–Crippen MR) is 104 cm³/mol. The number of ether oxygens (including phenoxy) is 1. The van der Waals surface area contributed by atoms with Crippen molar-refractivity contribution in [2.75, 3.05) is 19.6 Å². The van der Waals surface area contributed by atoms with Crippen molar-refractivity contribution in [3.8, 4) is 5.75 Å². The summed E-state index contributed by atoms with van der Waals surface area (Å²) in [6.07, 6.45) is 3.96. The van der Waals surface area contributed by atoms with E-state index < -0.39 is 4.92 Å². The van der Waals surface area contributed by atoms with E-state index in [1.165, 1.54) is 12.1 Å². The molecule has 1 aliphatic heterocycles. The first-order valence-electron chi connectivity index (χ1n) is 7.87. The van der Waals surface area contributed by atoms with Gasteiger partial charge in [-0.25, -0.2) is 0 Å². The van der Waals surface area contributed by atoms with E-state index in [2.05, 4.69) is 11.0 Å². The molecule has 0 aliphatic carbocycles. The maximum Gasteiger partial charge on any atom is 0.312 e. The Labute approximate surface area is 165 Å². The van der Waals surface area contributed by atoms with Gasteiger partial charge in [-0.05, 0) is 17.7 Å². The van der Waals surface area contributed by atoms with Crippen molar-refractivity contribution in [1.82, 2.24) is 4.90 Å². The third kappa shape index (κ3) is 4.68. The standard InChI is InChI=1S/C18H15Cl3N2O3/c19-13-5-3-12(4-6-13)2-1-7-22-10-14(11-22)26-18-9-16(21)15(20)8-17(18)23(24)25/h1-6,8-9,14H,7,10-11H2/b2-1+. The summed E-state index contributed by atoms with van der Waals surface area (Å²) in [5.74, 6) is 0.144. The lowest BCUT2D eigenvalue weighted by molar-refractivity contribution is -0.386. The number of halogens is 3. The zero-order chi connectivity index (χ0) is 18.7. The van der Waals surface area contributed by atoms with Gasteiger partial charge >= 0.3 is 5.69 Å². The first-order valence-corrected chi connectivity index (χ1v) is 9.00. The van der Waals surface area contributed by atoms with Crippen molar-refractivity contribution in [3.05, 3.63) is 73.2 Å². The van der Waals surface area contributed by atoms with Gasteiger partial charge in [0.05, 0.1) is 15.0 Å². The molecule has 0 aromatic heterocycles. The Morgan fingerprint density at radius 1 is 1.15 bits per heavy atom. The van der Waals surface area contributed by atoms with Crippen molar-refractivity contribution in [1.29, 1.82) is 0 Å². The summed E-state index contributed by atoms with van der Waals surface area (Å²) in [6, 6.07) is 10.2. The number of likely N-dealkylation sites (tertiary alicyclic amines) is 1. The molecule has 1 heterocycles. The topological polar surface area (TPSA) is 55.6 Å². The Kier molecular flexibility index (Phi) is 6.04. The van der Waals surface area contributed by atoms with Crippen molar-refractivity contribution in [2.24, 2.45) is 0 Å². The van der Waals surface area contributed by atoms with Gasteiger partial charge in [-0.3, -0.25) is 15.0 Å². The van der Waals surface area contributed by atoms with Crippen LogP contribution in [0.5, 0.6) is 5.75 Å². The monoisotopic (exact) mass is 412 g/mol. The number of rotatable bonds is 6. The molecular weight excluding hydrogens is 399 g/mol. The van der Waals surface area contributed by atoms with Crippen LogP contribution in [-0.2, 0) is 0 Å². The lowest BCUT2D eigenvalue weighted by atomic mass is 10.1. The molecule has 3 rings (SSSR count). The van der Waals surface area contributed by atoms with E-state index in [1.54, 1.807) is 0 Å². The third-order valence-corrected chi connectivity index (χ3v) is 4.93. The molecule has 2 aromatic rings. The van der Waals surface area contributed by atoms with Crippen molar-refractivity contribution in [3.63, 3.8) is 0 Å². The second-order valence-electron chi connectivity index (χ2n) is 5.90. The fraction of sp³-hybridized carbons (Fsp3) is 0.222. The van der Waals surface area contributed by atoms with Crippen molar-refractivity contribution >= 4 is 46.6 Å². The highest BCUT2D eigenvalue weighted by Crippen LogP contribution is 2.36. The minimum absolute atomic E-state index is 0.116. The minimum atomic E-state index is -0.525. The summed E-state index contributed by atoms with van der Waals surface area (Å²) in [5.41, 5.74) is 0.898. The SMILES string of the molecule is O=[N+]([O-])c1cc(Cl)c(Cl)cc1OC1CN(C/C=C/c2ccc(Cl)cc2)C1. The Hall–Kier alpha value is -1.79. The number of benzene rings is 2. The van der Waals surface area contributed by atoms with Crippen LogP contribution in [0.15, 0.2) is 42.5 Å². The van der Waals surface area contributed by atoms with Crippen LogP contribution >= 0.6 is 34.8 Å². The highest BCUT2D eigenvalue weighted by Gasteiger charge is 2.30. The van der Waals surface area contributed by atoms with Crippen LogP contribution in [0.4, 0.5) is 5.69 Å². The summed E-state index contributed by atoms with van der Waals surface area (Å²) in [7, 11) is 0. The lowest BCUT2D eigenvalue weighted by Crippen LogP contribution is -2.53. The molecule has 0 N–H and O–H groups in total. The van der Waals surface area contributed by atoms with E-state index in [4.69, 9.17) is 39.5 Å². The van der Waals surface area contributed by atoms with Gasteiger partial charge in [-0.2, -0.15) is 0 Å². The molecule has 0 amide bonds. The van der Waals surface area contributed by atoms with Crippen LogP contribution in [0, 0.1) is 10.1 Å². The molecule has 136 valence electrons. The van der Waals surface area contributed by atoms with E-state index in [1.807, 2.05) is 30.3 Å². The van der Waals surface area contributed by atoms with E-state index in [9.17, 15) is 10.1 Å². The molecule has 1 aliphatic rings. The van der Waals surface area contributed by atoms with E-state index in [0.29, 0.717) is 18.1 Å². The Balaban J connectivity index is 1.52. The van der Waals surface area contributed by atoms with Crippen LogP contribution in [0.3, 0.4) is 0 Å². The van der Waals surface area contributed by atoms with Gasteiger partial charge in [0, 0.05) is 36.8 Å². The van der Waals surface area contributed by atoms with Gasteiger partial charge in [0.2, 0.25) is 0 Å². The quantitative estimate of drug-likeness (QED) is 0.474. The van der Waals surface area contributed by atoms with E-state index in [0.717, 1.165) is 12.1 Å². The molecule has 0 bridgehead atoms. The average molecular weight is 414 g/mol. The summed E-state index contributed by atoms with van der Waals surface area (Å²) >= 11 is 17.6. The Morgan fingerprint density at radius 3 is 2.46 bits per heavy atom. The Morgan fingerprint density at radius 2 is 1.81 bits per heavy atom. The number of nitrogens with zero attached hydrogens (tertiary/aromatic N) is 2. The fourth-order valence-corrected chi connectivity index (χ4v) is 3.03. The van der Waals surface area contributed by atoms with E-state index in [-0.39, 0.29) is 27.6 Å². The average Bonchev–Trinajstić information content (AvgIpc) is 2.56. The van der Waals surface area contributed by atoms with Gasteiger partial charge in [0.1, 0.15) is 6.10 Å². The molecule has 0 atom stereocenters. The van der Waals surface area contributed by atoms with Crippen molar-refractivity contribution < 1.29 is 9.66 Å². The van der Waals surface area contributed by atoms with Gasteiger partial charge < -0.3 is 4.74 Å². The van der Waals surface area contributed by atoms with Gasteiger partial charge in [0.25, 0.3) is 0 Å². The first kappa shape index (κ1) is 19.0. The minimum Gasteiger partial charge on any atom is -0.481 e. The molecule has 5 nitrogen and oxygen atoms in total. The van der Waals surface area contributed by atoms with Crippen LogP contribution in [0.25, 0.3) is 6.08 Å². The molecule has 0 radical (unpaired) electrons. The summed E-state index contributed by atoms with van der Waals surface area (Å²) in [4.78, 5) is 12.8. The molecule has 2 aromatic carbocycles. The third-order valence-electron chi connectivity index (χ3n) is 3.96. The second-order valence-corrected chi connectivity index (χ2v) is 7.15. The smallest absolute Gasteiger partial charge is 0.312 e. The zero-order valence-corrected chi connectivity index (χ0v) is 15.8. The molecule has 1 saturated heterocycles. The second kappa shape index (κ2) is 8.27. The number of nitro groups is 1. The molecule has 1 fully saturated rings. The number of hydrogen-bond donors (Lipinski definition) is 0. The number of hydrogen-bond acceptors (Lipinski definition) is 4. The lowest BCUT2D eigenvalue weighted by Gasteiger charge is -2.38. The maximum absolute atomic E-state index is 11.1. The Bertz CT molecular complexity index is 834. The molecule has 0 spiro atoms. The van der Waals surface area contributed by atoms with Gasteiger partial charge in [-0.15, -0.1) is 0 Å². The largest absolute Gasteiger partial charge is 0.481 e. The van der Waals surface area contributed by atoms with E-state index >= 15 is 0 Å². The molecule has 0 unspecified atom stereocenters. The van der Waals surface area contributed by atoms with Crippen molar-refractivity contribution in [2.45, 2.75) is 6.10 Å². The predicted octanol–water partition coefficient (Wildman–Crippen LogP) is 5.33. The normalized spacial score (nSPS) is 15.2. The summed E-state index contributed by atoms with van der Waals surface area (Å²) in [5, 5.41) is 12.2. The summed E-state index contributed by atoms with van der Waals surface area (Å²) < 4.78 is 5.72. The van der Waals surface area contributed by atoms with Crippen LogP contribution in [0.1, 0.15) is 5.56 Å². The fourth-order valence-electron chi connectivity index (χ4n) is 2.59. The van der Waals surface area contributed by atoms with Gasteiger partial charge in [-0.1, -0.05) is 59.1 Å². The maximum atomic E-state index is 11.1.